The molecule has 0 spiro atoms. The summed E-state index contributed by atoms with van der Waals surface area (Å²) in [5.74, 6) is 0.744. The fourth-order valence-corrected chi connectivity index (χ4v) is 3.13. The van der Waals surface area contributed by atoms with E-state index in [1.54, 1.807) is 0 Å². The first-order chi connectivity index (χ1) is 12.6. The number of fused-ring (bicyclic) bond motifs is 1. The van der Waals surface area contributed by atoms with Gasteiger partial charge in [0, 0.05) is 11.8 Å². The highest BCUT2D eigenvalue weighted by atomic mass is 15.2. The number of rotatable bonds is 3. The lowest BCUT2D eigenvalue weighted by atomic mass is 10.0. The number of hydrogen-bond acceptors (Lipinski definition) is 3. The van der Waals surface area contributed by atoms with Gasteiger partial charge in [0.2, 0.25) is 0 Å². The Kier molecular flexibility index (Phi) is 4.09. The van der Waals surface area contributed by atoms with Crippen molar-refractivity contribution in [3.63, 3.8) is 0 Å². The highest BCUT2D eigenvalue weighted by Crippen LogP contribution is 2.34. The van der Waals surface area contributed by atoms with Crippen molar-refractivity contribution < 1.29 is 0 Å². The van der Waals surface area contributed by atoms with Crippen LogP contribution in [0.2, 0.25) is 0 Å². The minimum Gasteiger partial charge on any atom is -0.283 e. The van der Waals surface area contributed by atoms with Crippen LogP contribution in [-0.2, 0) is 0 Å². The molecule has 4 heteroatoms. The molecule has 0 aliphatic heterocycles. The van der Waals surface area contributed by atoms with Gasteiger partial charge in [-0.05, 0) is 56.2 Å². The Hall–Kier alpha value is -3.27. The van der Waals surface area contributed by atoms with Crippen LogP contribution < -0.4 is 0 Å². The van der Waals surface area contributed by atoms with E-state index in [0.717, 1.165) is 34.0 Å². The Balaban J connectivity index is 1.89. The number of pyridine rings is 1. The molecule has 2 heterocycles. The van der Waals surface area contributed by atoms with Crippen LogP contribution in [-0.4, -0.2) is 9.38 Å². The van der Waals surface area contributed by atoms with Gasteiger partial charge in [-0.2, -0.15) is 0 Å². The molecule has 0 atom stereocenters. The molecule has 0 bridgehead atoms. The molecule has 0 fully saturated rings. The summed E-state index contributed by atoms with van der Waals surface area (Å²) in [6.07, 6.45) is 1.97. The van der Waals surface area contributed by atoms with Gasteiger partial charge >= 0.3 is 0 Å². The summed E-state index contributed by atoms with van der Waals surface area (Å²) in [6, 6.07) is 20.3. The molecule has 0 amide bonds. The maximum absolute atomic E-state index is 4.81. The average Bonchev–Trinajstić information content (AvgIpc) is 2.98. The summed E-state index contributed by atoms with van der Waals surface area (Å²) in [6.45, 7) is 6.25. The number of aryl methyl sites for hydroxylation is 3. The zero-order valence-electron chi connectivity index (χ0n) is 15.1. The molecule has 0 radical (unpaired) electrons. The Bertz CT molecular complexity index is 1120. The van der Waals surface area contributed by atoms with Crippen LogP contribution in [0.1, 0.15) is 16.7 Å². The highest BCUT2D eigenvalue weighted by molar-refractivity contribution is 5.76. The molecule has 2 aromatic heterocycles. The van der Waals surface area contributed by atoms with E-state index in [0.29, 0.717) is 0 Å². The third kappa shape index (κ3) is 3.02. The lowest BCUT2D eigenvalue weighted by Crippen LogP contribution is -1.86. The van der Waals surface area contributed by atoms with Crippen molar-refractivity contribution in [2.45, 2.75) is 20.8 Å². The van der Waals surface area contributed by atoms with Gasteiger partial charge in [-0.3, -0.25) is 4.40 Å². The molecule has 0 unspecified atom stereocenters. The van der Waals surface area contributed by atoms with E-state index in [1.807, 2.05) is 60.0 Å². The van der Waals surface area contributed by atoms with Crippen molar-refractivity contribution >= 4 is 17.2 Å². The van der Waals surface area contributed by atoms with Crippen molar-refractivity contribution in [2.75, 3.05) is 0 Å². The van der Waals surface area contributed by atoms with Gasteiger partial charge in [0.05, 0.1) is 5.69 Å². The molecule has 4 nitrogen and oxygen atoms in total. The molecular weight excluding hydrogens is 320 g/mol. The topological polar surface area (TPSA) is 42.0 Å². The first-order valence-corrected chi connectivity index (χ1v) is 8.65. The molecule has 4 rings (SSSR count). The number of nitrogens with zero attached hydrogens (tertiary/aromatic N) is 4. The van der Waals surface area contributed by atoms with E-state index >= 15 is 0 Å². The van der Waals surface area contributed by atoms with Crippen LogP contribution in [0.4, 0.5) is 11.5 Å². The molecule has 26 heavy (non-hydrogen) atoms. The van der Waals surface area contributed by atoms with Gasteiger partial charge in [0.1, 0.15) is 11.3 Å². The Labute approximate surface area is 152 Å². The van der Waals surface area contributed by atoms with Crippen LogP contribution in [0.25, 0.3) is 16.9 Å². The largest absolute Gasteiger partial charge is 0.283 e. The molecule has 128 valence electrons. The maximum atomic E-state index is 4.81. The zero-order chi connectivity index (χ0) is 18.1. The summed E-state index contributed by atoms with van der Waals surface area (Å²) in [7, 11) is 0. The van der Waals surface area contributed by atoms with Gasteiger partial charge < -0.3 is 0 Å². The number of hydrogen-bond donors (Lipinski definition) is 0. The van der Waals surface area contributed by atoms with Crippen molar-refractivity contribution in [2.24, 2.45) is 10.2 Å². The first-order valence-electron chi connectivity index (χ1n) is 8.65. The molecule has 4 aromatic rings. The van der Waals surface area contributed by atoms with E-state index in [2.05, 4.69) is 42.3 Å². The van der Waals surface area contributed by atoms with Gasteiger partial charge in [0.25, 0.3) is 0 Å². The van der Waals surface area contributed by atoms with E-state index in [1.165, 1.54) is 11.1 Å². The number of aromatic nitrogens is 2. The van der Waals surface area contributed by atoms with Crippen LogP contribution in [0.15, 0.2) is 77.1 Å². The number of azo groups is 1. The lowest BCUT2D eigenvalue weighted by Gasteiger charge is -2.05. The summed E-state index contributed by atoms with van der Waals surface area (Å²) >= 11 is 0. The monoisotopic (exact) mass is 340 g/mol. The summed E-state index contributed by atoms with van der Waals surface area (Å²) in [5, 5.41) is 9.03. The van der Waals surface area contributed by atoms with Crippen LogP contribution in [0, 0.1) is 20.8 Å². The van der Waals surface area contributed by atoms with E-state index in [9.17, 15) is 0 Å². The first kappa shape index (κ1) is 16.2. The second kappa shape index (κ2) is 6.56. The van der Waals surface area contributed by atoms with Gasteiger partial charge in [-0.1, -0.05) is 42.0 Å². The van der Waals surface area contributed by atoms with E-state index in [4.69, 9.17) is 4.98 Å². The van der Waals surface area contributed by atoms with Crippen molar-refractivity contribution in [3.8, 4) is 11.3 Å². The Morgan fingerprint density at radius 3 is 2.46 bits per heavy atom. The van der Waals surface area contributed by atoms with Gasteiger partial charge in [0.15, 0.2) is 5.82 Å². The number of benzene rings is 2. The second-order valence-electron chi connectivity index (χ2n) is 6.57. The standard InChI is InChI=1S/C22H20N4/c1-15-7-6-8-18(14-15)24-25-22-21(19-11-10-16(2)13-17(19)3)23-20-9-4-5-12-26(20)22/h4-14H,1-3H3. The van der Waals surface area contributed by atoms with Crippen molar-refractivity contribution in [1.82, 2.24) is 9.38 Å². The van der Waals surface area contributed by atoms with Crippen molar-refractivity contribution in [1.29, 1.82) is 0 Å². The summed E-state index contributed by atoms with van der Waals surface area (Å²) in [4.78, 5) is 4.81. The zero-order valence-corrected chi connectivity index (χ0v) is 15.1. The predicted molar refractivity (Wildman–Crippen MR) is 105 cm³/mol. The molecular formula is C22H20N4. The molecule has 0 saturated heterocycles. The minimum atomic E-state index is 0.744. The lowest BCUT2D eigenvalue weighted by molar-refractivity contribution is 1.10. The minimum absolute atomic E-state index is 0.744. The Morgan fingerprint density at radius 2 is 1.65 bits per heavy atom. The Morgan fingerprint density at radius 1 is 0.808 bits per heavy atom. The molecule has 0 aliphatic carbocycles. The van der Waals surface area contributed by atoms with E-state index in [-0.39, 0.29) is 0 Å². The normalized spacial score (nSPS) is 11.5. The SMILES string of the molecule is Cc1cccc(N=Nc2c(-c3ccc(C)cc3C)nc3ccccn23)c1. The second-order valence-corrected chi connectivity index (χ2v) is 6.57. The molecule has 2 aromatic carbocycles. The smallest absolute Gasteiger partial charge is 0.187 e. The van der Waals surface area contributed by atoms with Crippen molar-refractivity contribution in [3.05, 3.63) is 83.6 Å². The highest BCUT2D eigenvalue weighted by Gasteiger charge is 2.15. The molecule has 0 saturated carbocycles. The van der Waals surface area contributed by atoms with Crippen LogP contribution in [0.3, 0.4) is 0 Å². The van der Waals surface area contributed by atoms with Gasteiger partial charge in [-0.15, -0.1) is 10.2 Å². The predicted octanol–water partition coefficient (Wildman–Crippen LogP) is 6.34. The summed E-state index contributed by atoms with van der Waals surface area (Å²) < 4.78 is 1.98. The fourth-order valence-electron chi connectivity index (χ4n) is 3.13. The summed E-state index contributed by atoms with van der Waals surface area (Å²) in [5.41, 5.74) is 7.21. The number of imidazole rings is 1. The quantitative estimate of drug-likeness (QED) is 0.401. The molecule has 0 aliphatic rings. The fraction of sp³-hybridized carbons (Fsp3) is 0.136. The van der Waals surface area contributed by atoms with E-state index < -0.39 is 0 Å². The average molecular weight is 340 g/mol. The molecule has 0 N–H and O–H groups in total. The van der Waals surface area contributed by atoms with Crippen LogP contribution in [0.5, 0.6) is 0 Å². The third-order valence-electron chi connectivity index (χ3n) is 4.40. The maximum Gasteiger partial charge on any atom is 0.187 e. The van der Waals surface area contributed by atoms with Crippen LogP contribution >= 0.6 is 0 Å². The van der Waals surface area contributed by atoms with Gasteiger partial charge in [-0.25, -0.2) is 4.98 Å². The third-order valence-corrected chi connectivity index (χ3v) is 4.40.